The lowest BCUT2D eigenvalue weighted by Crippen LogP contribution is -2.38. The third-order valence-corrected chi connectivity index (χ3v) is 5.22. The zero-order valence-corrected chi connectivity index (χ0v) is 13.0. The van der Waals surface area contributed by atoms with Crippen LogP contribution in [-0.4, -0.2) is 35.8 Å². The van der Waals surface area contributed by atoms with Crippen LogP contribution in [0.1, 0.15) is 48.9 Å². The van der Waals surface area contributed by atoms with E-state index in [0.29, 0.717) is 24.4 Å². The number of nitrogens with zero attached hydrogens (tertiary/aromatic N) is 1. The number of hydrogen-bond acceptors (Lipinski definition) is 3. The van der Waals surface area contributed by atoms with Crippen molar-refractivity contribution < 1.29 is 9.59 Å². The predicted octanol–water partition coefficient (Wildman–Crippen LogP) is 2.66. The lowest BCUT2D eigenvalue weighted by atomic mass is 9.89. The van der Waals surface area contributed by atoms with Gasteiger partial charge in [-0.3, -0.25) is 9.59 Å². The maximum absolute atomic E-state index is 12.1. The second-order valence-corrected chi connectivity index (χ2v) is 6.97. The van der Waals surface area contributed by atoms with Gasteiger partial charge in [0.15, 0.2) is 0 Å². The minimum Gasteiger partial charge on any atom is -0.347 e. The molecule has 1 saturated carbocycles. The molecule has 1 aromatic rings. The van der Waals surface area contributed by atoms with Gasteiger partial charge in [-0.25, -0.2) is 0 Å². The number of carbonyl (C=O) groups excluding carboxylic acids is 2. The molecule has 21 heavy (non-hydrogen) atoms. The molecule has 0 bridgehead atoms. The monoisotopic (exact) mass is 306 g/mol. The van der Waals surface area contributed by atoms with Crippen LogP contribution in [0.3, 0.4) is 0 Å². The highest BCUT2D eigenvalue weighted by Crippen LogP contribution is 2.26. The Bertz CT molecular complexity index is 494. The van der Waals surface area contributed by atoms with Crippen molar-refractivity contribution in [1.29, 1.82) is 0 Å². The van der Waals surface area contributed by atoms with Crippen molar-refractivity contribution in [2.24, 2.45) is 5.92 Å². The van der Waals surface area contributed by atoms with Crippen molar-refractivity contribution in [3.05, 3.63) is 22.4 Å². The van der Waals surface area contributed by atoms with E-state index in [-0.39, 0.29) is 17.9 Å². The Labute approximate surface area is 129 Å². The number of hydrogen-bond donors (Lipinski definition) is 1. The van der Waals surface area contributed by atoms with Crippen LogP contribution >= 0.6 is 11.3 Å². The molecule has 1 aliphatic heterocycles. The summed E-state index contributed by atoms with van der Waals surface area (Å²) in [5, 5.41) is 6.72. The summed E-state index contributed by atoms with van der Waals surface area (Å²) in [6.45, 7) is 1.55. The smallest absolute Gasteiger partial charge is 0.252 e. The molecule has 1 aliphatic carbocycles. The van der Waals surface area contributed by atoms with Crippen LogP contribution in [-0.2, 0) is 4.79 Å². The summed E-state index contributed by atoms with van der Waals surface area (Å²) in [6, 6.07) is 1.78. The minimum absolute atomic E-state index is 0.0338. The highest BCUT2D eigenvalue weighted by atomic mass is 32.1. The van der Waals surface area contributed by atoms with Crippen molar-refractivity contribution in [2.45, 2.75) is 44.6 Å². The van der Waals surface area contributed by atoms with Crippen molar-refractivity contribution >= 4 is 23.2 Å². The molecule has 1 N–H and O–H groups in total. The first-order chi connectivity index (χ1) is 10.2. The topological polar surface area (TPSA) is 49.4 Å². The molecule has 5 heteroatoms. The average Bonchev–Trinajstić information content (AvgIpc) is 3.11. The molecule has 2 amide bonds. The Balaban J connectivity index is 1.51. The van der Waals surface area contributed by atoms with E-state index in [1.807, 2.05) is 21.7 Å². The molecule has 0 radical (unpaired) electrons. The van der Waals surface area contributed by atoms with Crippen LogP contribution in [0.4, 0.5) is 0 Å². The van der Waals surface area contributed by atoms with Gasteiger partial charge in [-0.1, -0.05) is 19.3 Å². The molecule has 4 nitrogen and oxygen atoms in total. The quantitative estimate of drug-likeness (QED) is 0.929. The zero-order chi connectivity index (χ0) is 14.7. The fraction of sp³-hybridized carbons (Fsp3) is 0.625. The Morgan fingerprint density at radius 3 is 2.86 bits per heavy atom. The standard InChI is InChI=1S/C16H22N2O2S/c19-15-8-14(17-16(20)13-6-7-21-11-13)10-18(15)9-12-4-2-1-3-5-12/h6-7,11-12,14H,1-5,8-10H2,(H,17,20). The molecule has 1 saturated heterocycles. The Morgan fingerprint density at radius 1 is 1.33 bits per heavy atom. The molecular weight excluding hydrogens is 284 g/mol. The van der Waals surface area contributed by atoms with Crippen molar-refractivity contribution in [1.82, 2.24) is 10.2 Å². The number of nitrogens with one attached hydrogen (secondary N) is 1. The van der Waals surface area contributed by atoms with Gasteiger partial charge in [-0.15, -0.1) is 0 Å². The number of amides is 2. The first-order valence-corrected chi connectivity index (χ1v) is 8.77. The summed E-state index contributed by atoms with van der Waals surface area (Å²) in [5.74, 6) is 0.791. The highest BCUT2D eigenvalue weighted by Gasteiger charge is 2.32. The van der Waals surface area contributed by atoms with Crippen LogP contribution in [0.5, 0.6) is 0 Å². The fourth-order valence-electron chi connectivity index (χ4n) is 3.39. The summed E-state index contributed by atoms with van der Waals surface area (Å²) >= 11 is 1.51. The van der Waals surface area contributed by atoms with Gasteiger partial charge in [0.1, 0.15) is 0 Å². The lowest BCUT2D eigenvalue weighted by Gasteiger charge is -2.27. The normalized spacial score (nSPS) is 23.5. The fourth-order valence-corrected chi connectivity index (χ4v) is 4.03. The average molecular weight is 306 g/mol. The van der Waals surface area contributed by atoms with Crippen molar-refractivity contribution in [3.63, 3.8) is 0 Å². The minimum atomic E-state index is -0.0615. The third-order valence-electron chi connectivity index (χ3n) is 4.54. The number of likely N-dealkylation sites (tertiary alicyclic amines) is 1. The van der Waals surface area contributed by atoms with Gasteiger partial charge >= 0.3 is 0 Å². The predicted molar refractivity (Wildman–Crippen MR) is 83.3 cm³/mol. The first-order valence-electron chi connectivity index (χ1n) is 7.83. The Morgan fingerprint density at radius 2 is 2.14 bits per heavy atom. The molecule has 2 aliphatic rings. The van der Waals surface area contributed by atoms with Crippen LogP contribution < -0.4 is 5.32 Å². The van der Waals surface area contributed by atoms with Crippen LogP contribution in [0.15, 0.2) is 16.8 Å². The number of rotatable bonds is 4. The molecule has 3 rings (SSSR count). The summed E-state index contributed by atoms with van der Waals surface area (Å²) in [4.78, 5) is 26.1. The van der Waals surface area contributed by atoms with E-state index in [0.717, 1.165) is 6.54 Å². The summed E-state index contributed by atoms with van der Waals surface area (Å²) in [6.07, 6.45) is 6.87. The zero-order valence-electron chi connectivity index (χ0n) is 12.2. The van der Waals surface area contributed by atoms with Gasteiger partial charge in [0.05, 0.1) is 6.04 Å². The SMILES string of the molecule is O=C(NC1CC(=O)N(CC2CCCCC2)C1)c1ccsc1. The Kier molecular flexibility index (Phi) is 4.58. The van der Waals surface area contributed by atoms with Gasteiger partial charge in [-0.05, 0) is 30.2 Å². The van der Waals surface area contributed by atoms with E-state index in [2.05, 4.69) is 5.32 Å². The summed E-state index contributed by atoms with van der Waals surface area (Å²) in [7, 11) is 0. The van der Waals surface area contributed by atoms with Crippen LogP contribution in [0, 0.1) is 5.92 Å². The van der Waals surface area contributed by atoms with E-state index >= 15 is 0 Å². The van der Waals surface area contributed by atoms with Crippen molar-refractivity contribution in [3.8, 4) is 0 Å². The molecule has 1 aromatic heterocycles. The van der Waals surface area contributed by atoms with Gasteiger partial charge in [-0.2, -0.15) is 11.3 Å². The van der Waals surface area contributed by atoms with Gasteiger partial charge in [0, 0.05) is 30.5 Å². The van der Waals surface area contributed by atoms with Gasteiger partial charge in [0.25, 0.3) is 5.91 Å². The van der Waals surface area contributed by atoms with E-state index < -0.39 is 0 Å². The molecule has 1 unspecified atom stereocenters. The maximum atomic E-state index is 12.1. The van der Waals surface area contributed by atoms with Crippen molar-refractivity contribution in [2.75, 3.05) is 13.1 Å². The highest BCUT2D eigenvalue weighted by molar-refractivity contribution is 7.08. The second kappa shape index (κ2) is 6.60. The van der Waals surface area contributed by atoms with E-state index in [9.17, 15) is 9.59 Å². The number of thiophene rings is 1. The summed E-state index contributed by atoms with van der Waals surface area (Å²) in [5.41, 5.74) is 0.693. The molecule has 2 heterocycles. The van der Waals surface area contributed by atoms with E-state index in [1.165, 1.54) is 43.4 Å². The molecule has 0 aromatic carbocycles. The largest absolute Gasteiger partial charge is 0.347 e. The number of carbonyl (C=O) groups is 2. The van der Waals surface area contributed by atoms with E-state index in [4.69, 9.17) is 0 Å². The molecule has 1 atom stereocenters. The van der Waals surface area contributed by atoms with E-state index in [1.54, 1.807) is 0 Å². The maximum Gasteiger partial charge on any atom is 0.252 e. The molecule has 0 spiro atoms. The van der Waals surface area contributed by atoms with Gasteiger partial charge < -0.3 is 10.2 Å². The molecule has 114 valence electrons. The lowest BCUT2D eigenvalue weighted by molar-refractivity contribution is -0.128. The first kappa shape index (κ1) is 14.6. The molecule has 2 fully saturated rings. The third kappa shape index (κ3) is 3.64. The van der Waals surface area contributed by atoms with Crippen LogP contribution in [0.25, 0.3) is 0 Å². The second-order valence-electron chi connectivity index (χ2n) is 6.19. The molecular formula is C16H22N2O2S. The van der Waals surface area contributed by atoms with Gasteiger partial charge in [0.2, 0.25) is 5.91 Å². The van der Waals surface area contributed by atoms with Crippen LogP contribution in [0.2, 0.25) is 0 Å². The Hall–Kier alpha value is -1.36. The summed E-state index contributed by atoms with van der Waals surface area (Å²) < 4.78 is 0.